The molecule has 0 heterocycles. The number of alkyl halides is 1. The minimum Gasteiger partial charge on any atom is -0.466 e. The van der Waals surface area contributed by atoms with Crippen molar-refractivity contribution in [1.82, 2.24) is 0 Å². The van der Waals surface area contributed by atoms with Gasteiger partial charge in [-0.1, -0.05) is 40.2 Å². The number of hydrogen-bond acceptors (Lipinski definition) is 3. The summed E-state index contributed by atoms with van der Waals surface area (Å²) in [5.74, 6) is -0.518. The normalized spacial score (nSPS) is 11.9. The number of carbonyl (C=O) groups is 2. The van der Waals surface area contributed by atoms with Gasteiger partial charge >= 0.3 is 5.97 Å². The number of hydrogen-bond donors (Lipinski definition) is 0. The predicted octanol–water partition coefficient (Wildman–Crippen LogP) is 2.93. The summed E-state index contributed by atoms with van der Waals surface area (Å²) in [5.41, 5.74) is 1.50. The maximum atomic E-state index is 11.5. The summed E-state index contributed by atoms with van der Waals surface area (Å²) in [5, 5.41) is 0.305. The molecule has 0 aliphatic carbocycles. The molecule has 0 bridgehead atoms. The van der Waals surface area contributed by atoms with E-state index in [0.717, 1.165) is 5.56 Å². The van der Waals surface area contributed by atoms with Crippen LogP contribution in [0.3, 0.4) is 0 Å². The molecule has 0 saturated carbocycles. The van der Waals surface area contributed by atoms with Crippen LogP contribution in [-0.4, -0.2) is 23.7 Å². The number of Topliss-reactive ketones (excluding diaryl/α,β-unsaturated/α-hetero) is 1. The Kier molecular flexibility index (Phi) is 5.35. The molecular formula is C13H15BrO3. The van der Waals surface area contributed by atoms with E-state index in [0.29, 0.717) is 17.5 Å². The van der Waals surface area contributed by atoms with Crippen LogP contribution < -0.4 is 0 Å². The third-order valence-electron chi connectivity index (χ3n) is 2.49. The molecule has 0 aromatic heterocycles. The first kappa shape index (κ1) is 13.9. The lowest BCUT2D eigenvalue weighted by Crippen LogP contribution is -2.13. The van der Waals surface area contributed by atoms with E-state index in [1.54, 1.807) is 38.1 Å². The first-order valence-corrected chi connectivity index (χ1v) is 6.58. The molecule has 1 atom stereocenters. The topological polar surface area (TPSA) is 43.4 Å². The third-order valence-corrected chi connectivity index (χ3v) is 3.00. The molecule has 0 saturated heterocycles. The summed E-state index contributed by atoms with van der Waals surface area (Å²) in [6, 6.07) is 7.04. The fourth-order valence-electron chi connectivity index (χ4n) is 1.44. The fraction of sp³-hybridized carbons (Fsp3) is 0.385. The minimum atomic E-state index is -0.303. The monoisotopic (exact) mass is 298 g/mol. The maximum Gasteiger partial charge on any atom is 0.313 e. The molecule has 0 fully saturated rings. The van der Waals surface area contributed by atoms with Gasteiger partial charge in [-0.3, -0.25) is 9.59 Å². The van der Waals surface area contributed by atoms with Crippen LogP contribution in [0.25, 0.3) is 0 Å². The van der Waals surface area contributed by atoms with E-state index >= 15 is 0 Å². The van der Waals surface area contributed by atoms with Gasteiger partial charge in [0.25, 0.3) is 0 Å². The largest absolute Gasteiger partial charge is 0.466 e. The van der Waals surface area contributed by atoms with Gasteiger partial charge < -0.3 is 4.74 Å². The second-order valence-corrected chi connectivity index (χ2v) is 4.21. The number of carbonyl (C=O) groups excluding carboxylic acids is 2. The predicted molar refractivity (Wildman–Crippen MR) is 69.6 cm³/mol. The molecule has 0 amide bonds. The summed E-state index contributed by atoms with van der Waals surface area (Å²) in [6.07, 6.45) is 0. The third kappa shape index (κ3) is 3.66. The van der Waals surface area contributed by atoms with Crippen LogP contribution >= 0.6 is 15.9 Å². The summed E-state index contributed by atoms with van der Waals surface area (Å²) >= 11 is 3.12. The Bertz CT molecular complexity index is 398. The number of ketones is 1. The van der Waals surface area contributed by atoms with Gasteiger partial charge in [0.2, 0.25) is 0 Å². The standard InChI is InChI=1S/C13H15BrO3/c1-3-17-13(16)9(2)10-4-6-11(7-5-10)12(15)8-14/h4-7,9H,3,8H2,1-2H3. The van der Waals surface area contributed by atoms with Crippen LogP contribution in [0.1, 0.15) is 35.7 Å². The van der Waals surface area contributed by atoms with Crippen molar-refractivity contribution in [3.63, 3.8) is 0 Å². The van der Waals surface area contributed by atoms with E-state index in [2.05, 4.69) is 15.9 Å². The van der Waals surface area contributed by atoms with Gasteiger partial charge in [0, 0.05) is 5.56 Å². The van der Waals surface area contributed by atoms with Crippen molar-refractivity contribution in [1.29, 1.82) is 0 Å². The average Bonchev–Trinajstić information content (AvgIpc) is 2.37. The molecule has 0 aliphatic rings. The molecule has 92 valence electrons. The maximum absolute atomic E-state index is 11.5. The van der Waals surface area contributed by atoms with E-state index < -0.39 is 0 Å². The average molecular weight is 299 g/mol. The second kappa shape index (κ2) is 6.55. The quantitative estimate of drug-likeness (QED) is 0.477. The zero-order valence-electron chi connectivity index (χ0n) is 9.90. The highest BCUT2D eigenvalue weighted by atomic mass is 79.9. The van der Waals surface area contributed by atoms with Crippen LogP contribution in [0.2, 0.25) is 0 Å². The number of halogens is 1. The molecule has 0 aliphatic heterocycles. The van der Waals surface area contributed by atoms with Crippen molar-refractivity contribution in [2.24, 2.45) is 0 Å². The lowest BCUT2D eigenvalue weighted by atomic mass is 9.99. The smallest absolute Gasteiger partial charge is 0.313 e. The Balaban J connectivity index is 2.80. The molecule has 0 radical (unpaired) electrons. The second-order valence-electron chi connectivity index (χ2n) is 3.65. The molecule has 1 aromatic carbocycles. The van der Waals surface area contributed by atoms with Crippen LogP contribution in [0.15, 0.2) is 24.3 Å². The zero-order valence-corrected chi connectivity index (χ0v) is 11.5. The molecule has 1 aromatic rings. The SMILES string of the molecule is CCOC(=O)C(C)c1ccc(C(=O)CBr)cc1. The molecule has 0 spiro atoms. The van der Waals surface area contributed by atoms with Gasteiger partial charge in [-0.25, -0.2) is 0 Å². The highest BCUT2D eigenvalue weighted by molar-refractivity contribution is 9.09. The summed E-state index contributed by atoms with van der Waals surface area (Å²) in [4.78, 5) is 22.9. The van der Waals surface area contributed by atoms with Crippen molar-refractivity contribution in [2.45, 2.75) is 19.8 Å². The first-order chi connectivity index (χ1) is 8.10. The van der Waals surface area contributed by atoms with Crippen LogP contribution in [0.4, 0.5) is 0 Å². The molecule has 1 unspecified atom stereocenters. The number of rotatable bonds is 5. The Hall–Kier alpha value is -1.16. The number of ether oxygens (including phenoxy) is 1. The Labute approximate surface area is 109 Å². The molecule has 17 heavy (non-hydrogen) atoms. The van der Waals surface area contributed by atoms with Crippen LogP contribution in [-0.2, 0) is 9.53 Å². The lowest BCUT2D eigenvalue weighted by molar-refractivity contribution is -0.144. The van der Waals surface area contributed by atoms with Gasteiger partial charge in [-0.15, -0.1) is 0 Å². The van der Waals surface area contributed by atoms with Gasteiger partial charge in [0.15, 0.2) is 5.78 Å². The molecule has 0 N–H and O–H groups in total. The van der Waals surface area contributed by atoms with Gasteiger partial charge in [-0.2, -0.15) is 0 Å². The van der Waals surface area contributed by atoms with Crippen LogP contribution in [0.5, 0.6) is 0 Å². The minimum absolute atomic E-state index is 0.0281. The Morgan fingerprint density at radius 2 is 1.88 bits per heavy atom. The van der Waals surface area contributed by atoms with E-state index in [9.17, 15) is 9.59 Å². The van der Waals surface area contributed by atoms with Crippen molar-refractivity contribution in [3.05, 3.63) is 35.4 Å². The summed E-state index contributed by atoms with van der Waals surface area (Å²) in [7, 11) is 0. The summed E-state index contributed by atoms with van der Waals surface area (Å²) in [6.45, 7) is 3.95. The van der Waals surface area contributed by atoms with Crippen molar-refractivity contribution in [2.75, 3.05) is 11.9 Å². The van der Waals surface area contributed by atoms with E-state index in [-0.39, 0.29) is 17.7 Å². The number of esters is 1. The van der Waals surface area contributed by atoms with Crippen molar-refractivity contribution < 1.29 is 14.3 Å². The van der Waals surface area contributed by atoms with E-state index in [1.165, 1.54) is 0 Å². The van der Waals surface area contributed by atoms with Crippen molar-refractivity contribution in [3.8, 4) is 0 Å². The first-order valence-electron chi connectivity index (χ1n) is 5.46. The number of benzene rings is 1. The highest BCUT2D eigenvalue weighted by Crippen LogP contribution is 2.18. The molecular weight excluding hydrogens is 284 g/mol. The zero-order chi connectivity index (χ0) is 12.8. The highest BCUT2D eigenvalue weighted by Gasteiger charge is 2.16. The summed E-state index contributed by atoms with van der Waals surface area (Å²) < 4.78 is 4.94. The van der Waals surface area contributed by atoms with Gasteiger partial charge in [0.05, 0.1) is 17.9 Å². The molecule has 1 rings (SSSR count). The van der Waals surface area contributed by atoms with Crippen molar-refractivity contribution >= 4 is 27.7 Å². The molecule has 3 nitrogen and oxygen atoms in total. The van der Waals surface area contributed by atoms with Crippen LogP contribution in [0, 0.1) is 0 Å². The molecule has 4 heteroatoms. The van der Waals surface area contributed by atoms with Gasteiger partial charge in [-0.05, 0) is 19.4 Å². The fourth-order valence-corrected chi connectivity index (χ4v) is 1.76. The Morgan fingerprint density at radius 3 is 2.35 bits per heavy atom. The lowest BCUT2D eigenvalue weighted by Gasteiger charge is -2.10. The van der Waals surface area contributed by atoms with E-state index in [1.807, 2.05) is 0 Å². The Morgan fingerprint density at radius 1 is 1.29 bits per heavy atom. The van der Waals surface area contributed by atoms with E-state index in [4.69, 9.17) is 4.74 Å². The van der Waals surface area contributed by atoms with Gasteiger partial charge in [0.1, 0.15) is 0 Å².